The number of carbonyl (C=O) groups excluding carboxylic acids is 1. The van der Waals surface area contributed by atoms with Crippen molar-refractivity contribution in [2.24, 2.45) is 5.84 Å². The van der Waals surface area contributed by atoms with Gasteiger partial charge in [-0.2, -0.15) is 11.8 Å². The van der Waals surface area contributed by atoms with E-state index >= 15 is 0 Å². The number of benzene rings is 1. The van der Waals surface area contributed by atoms with Crippen molar-refractivity contribution in [3.05, 3.63) is 64.4 Å². The molecule has 1 aromatic carbocycles. The number of thioether (sulfide) groups is 1. The Balaban J connectivity index is 1.85. The normalized spacial score (nSPS) is 10.3. The van der Waals surface area contributed by atoms with Crippen LogP contribution < -0.4 is 11.3 Å². The number of hydrogen-bond donors (Lipinski definition) is 2. The number of nitrogens with one attached hydrogen (secondary N) is 1. The lowest BCUT2D eigenvalue weighted by Gasteiger charge is -2.03. The Labute approximate surface area is 126 Å². The molecular formula is C14H14ClN3OS. The highest BCUT2D eigenvalue weighted by atomic mass is 35.5. The number of nitrogen functional groups attached to an aromatic ring is 1. The maximum Gasteiger partial charge on any atom is 0.266 e. The van der Waals surface area contributed by atoms with Crippen molar-refractivity contribution in [1.29, 1.82) is 0 Å². The zero-order chi connectivity index (χ0) is 14.4. The molecule has 0 aliphatic heterocycles. The molecule has 4 nitrogen and oxygen atoms in total. The Bertz CT molecular complexity index is 572. The molecule has 0 aliphatic carbocycles. The first kappa shape index (κ1) is 14.8. The first-order valence-corrected chi connectivity index (χ1v) is 7.50. The van der Waals surface area contributed by atoms with Gasteiger partial charge in [-0.25, -0.2) is 5.84 Å². The summed E-state index contributed by atoms with van der Waals surface area (Å²) in [5.41, 5.74) is 4.68. The van der Waals surface area contributed by atoms with Crippen molar-refractivity contribution in [2.75, 3.05) is 0 Å². The van der Waals surface area contributed by atoms with Crippen molar-refractivity contribution < 1.29 is 4.79 Å². The number of halogens is 1. The summed E-state index contributed by atoms with van der Waals surface area (Å²) in [7, 11) is 0. The van der Waals surface area contributed by atoms with Crippen LogP contribution in [0.2, 0.25) is 5.02 Å². The number of amides is 1. The van der Waals surface area contributed by atoms with Crippen LogP contribution >= 0.6 is 23.4 Å². The molecule has 0 bridgehead atoms. The van der Waals surface area contributed by atoms with Crippen molar-refractivity contribution in [2.45, 2.75) is 11.5 Å². The summed E-state index contributed by atoms with van der Waals surface area (Å²) in [6, 6.07) is 11.3. The van der Waals surface area contributed by atoms with E-state index in [4.69, 9.17) is 17.4 Å². The highest BCUT2D eigenvalue weighted by molar-refractivity contribution is 7.97. The number of hydrogen-bond acceptors (Lipinski definition) is 4. The quantitative estimate of drug-likeness (QED) is 0.506. The fourth-order valence-corrected chi connectivity index (χ4v) is 2.62. The summed E-state index contributed by atoms with van der Waals surface area (Å²) in [6.07, 6.45) is 1.53. The number of nitrogens with zero attached hydrogens (tertiary/aromatic N) is 1. The molecule has 3 N–H and O–H groups in total. The summed E-state index contributed by atoms with van der Waals surface area (Å²) in [4.78, 5) is 15.5. The van der Waals surface area contributed by atoms with Gasteiger partial charge in [0.1, 0.15) is 0 Å². The molecule has 0 saturated heterocycles. The summed E-state index contributed by atoms with van der Waals surface area (Å²) >= 11 is 7.59. The Morgan fingerprint density at radius 2 is 1.95 bits per heavy atom. The Morgan fingerprint density at radius 1 is 1.20 bits per heavy atom. The lowest BCUT2D eigenvalue weighted by Crippen LogP contribution is -2.30. The van der Waals surface area contributed by atoms with Crippen LogP contribution in [0.15, 0.2) is 42.6 Å². The maximum atomic E-state index is 11.3. The molecule has 0 aliphatic rings. The van der Waals surface area contributed by atoms with Crippen LogP contribution in [0.25, 0.3) is 0 Å². The molecule has 0 radical (unpaired) electrons. The predicted octanol–water partition coefficient (Wildman–Crippen LogP) is 2.77. The third-order valence-electron chi connectivity index (χ3n) is 2.65. The van der Waals surface area contributed by atoms with Crippen molar-refractivity contribution in [3.63, 3.8) is 0 Å². The van der Waals surface area contributed by atoms with Gasteiger partial charge in [-0.05, 0) is 29.8 Å². The fourth-order valence-electron chi connectivity index (χ4n) is 1.58. The molecule has 2 rings (SSSR count). The van der Waals surface area contributed by atoms with Gasteiger partial charge in [-0.15, -0.1) is 0 Å². The minimum Gasteiger partial charge on any atom is -0.290 e. The molecule has 0 saturated carbocycles. The second-order valence-electron chi connectivity index (χ2n) is 4.13. The zero-order valence-corrected chi connectivity index (χ0v) is 12.2. The molecule has 2 aromatic rings. The van der Waals surface area contributed by atoms with Crippen molar-refractivity contribution in [1.82, 2.24) is 10.4 Å². The van der Waals surface area contributed by atoms with E-state index < -0.39 is 0 Å². The monoisotopic (exact) mass is 307 g/mol. The van der Waals surface area contributed by atoms with E-state index in [1.54, 1.807) is 17.8 Å². The third kappa shape index (κ3) is 4.23. The molecule has 1 aromatic heterocycles. The largest absolute Gasteiger partial charge is 0.290 e. The molecule has 0 spiro atoms. The van der Waals surface area contributed by atoms with E-state index in [-0.39, 0.29) is 5.91 Å². The van der Waals surface area contributed by atoms with Crippen LogP contribution in [-0.2, 0) is 11.5 Å². The summed E-state index contributed by atoms with van der Waals surface area (Å²) in [6.45, 7) is 0. The standard InChI is InChI=1S/C14H14ClN3OS/c15-12-4-1-10(2-5-12)8-20-9-13-6-3-11(7-17-13)14(19)18-16/h1-7H,8-9,16H2,(H,18,19). The van der Waals surface area contributed by atoms with Gasteiger partial charge >= 0.3 is 0 Å². The van der Waals surface area contributed by atoms with E-state index in [1.165, 1.54) is 11.8 Å². The van der Waals surface area contributed by atoms with Crippen LogP contribution in [-0.4, -0.2) is 10.9 Å². The summed E-state index contributed by atoms with van der Waals surface area (Å²) < 4.78 is 0. The third-order valence-corrected chi connectivity index (χ3v) is 3.94. The lowest BCUT2D eigenvalue weighted by atomic mass is 10.2. The van der Waals surface area contributed by atoms with Crippen molar-refractivity contribution >= 4 is 29.3 Å². The Kier molecular flexibility index (Phi) is 5.40. The second-order valence-corrected chi connectivity index (χ2v) is 5.55. The van der Waals surface area contributed by atoms with Crippen LogP contribution in [0.3, 0.4) is 0 Å². The van der Waals surface area contributed by atoms with Gasteiger partial charge in [0.25, 0.3) is 5.91 Å². The summed E-state index contributed by atoms with van der Waals surface area (Å²) in [5.74, 6) is 6.40. The van der Waals surface area contributed by atoms with Gasteiger partial charge in [0, 0.05) is 22.7 Å². The van der Waals surface area contributed by atoms with E-state index in [0.29, 0.717) is 5.56 Å². The van der Waals surface area contributed by atoms with E-state index in [1.807, 2.05) is 30.3 Å². The number of aromatic nitrogens is 1. The second kappa shape index (κ2) is 7.28. The highest BCUT2D eigenvalue weighted by Crippen LogP contribution is 2.18. The SMILES string of the molecule is NNC(=O)c1ccc(CSCc2ccc(Cl)cc2)nc1. The molecule has 104 valence electrons. The van der Waals surface area contributed by atoms with Crippen LogP contribution in [0.1, 0.15) is 21.6 Å². The van der Waals surface area contributed by atoms with Gasteiger partial charge in [0.15, 0.2) is 0 Å². The van der Waals surface area contributed by atoms with E-state index in [2.05, 4.69) is 10.4 Å². The molecule has 6 heteroatoms. The number of carbonyl (C=O) groups is 1. The van der Waals surface area contributed by atoms with Crippen molar-refractivity contribution in [3.8, 4) is 0 Å². The minimum atomic E-state index is -0.335. The Hall–Kier alpha value is -1.56. The average Bonchev–Trinajstić information content (AvgIpc) is 2.49. The number of rotatable bonds is 5. The molecule has 0 atom stereocenters. The van der Waals surface area contributed by atoms with E-state index in [9.17, 15) is 4.79 Å². The molecule has 1 heterocycles. The average molecular weight is 308 g/mol. The Morgan fingerprint density at radius 3 is 2.55 bits per heavy atom. The van der Waals surface area contributed by atoms with Gasteiger partial charge in [-0.1, -0.05) is 23.7 Å². The predicted molar refractivity (Wildman–Crippen MR) is 82.3 cm³/mol. The molecule has 1 amide bonds. The van der Waals surface area contributed by atoms with Crippen LogP contribution in [0.4, 0.5) is 0 Å². The first-order chi connectivity index (χ1) is 9.69. The topological polar surface area (TPSA) is 68.0 Å². The van der Waals surface area contributed by atoms with E-state index in [0.717, 1.165) is 22.2 Å². The van der Waals surface area contributed by atoms with Crippen LogP contribution in [0, 0.1) is 0 Å². The molecule has 20 heavy (non-hydrogen) atoms. The zero-order valence-electron chi connectivity index (χ0n) is 10.7. The number of hydrazine groups is 1. The number of nitrogens with two attached hydrogens (primary N) is 1. The van der Waals surface area contributed by atoms with Gasteiger partial charge in [-0.3, -0.25) is 15.2 Å². The maximum absolute atomic E-state index is 11.3. The fraction of sp³-hybridized carbons (Fsp3) is 0.143. The van der Waals surface area contributed by atoms with Gasteiger partial charge < -0.3 is 0 Å². The first-order valence-electron chi connectivity index (χ1n) is 5.97. The smallest absolute Gasteiger partial charge is 0.266 e. The van der Waals surface area contributed by atoms with Gasteiger partial charge in [0.05, 0.1) is 11.3 Å². The minimum absolute atomic E-state index is 0.335. The van der Waals surface area contributed by atoms with Crippen LogP contribution in [0.5, 0.6) is 0 Å². The highest BCUT2D eigenvalue weighted by Gasteiger charge is 2.04. The molecular weight excluding hydrogens is 294 g/mol. The summed E-state index contributed by atoms with van der Waals surface area (Å²) in [5, 5.41) is 0.745. The molecule has 0 unspecified atom stereocenters. The van der Waals surface area contributed by atoms with Gasteiger partial charge in [0.2, 0.25) is 0 Å². The lowest BCUT2D eigenvalue weighted by molar-refractivity contribution is 0.0953. The number of pyridine rings is 1. The molecule has 0 fully saturated rings.